The van der Waals surface area contributed by atoms with Crippen LogP contribution in [-0.4, -0.2) is 54.9 Å². The van der Waals surface area contributed by atoms with E-state index in [4.69, 9.17) is 0 Å². The van der Waals surface area contributed by atoms with Crippen LogP contribution in [0.2, 0.25) is 0 Å². The largest absolute Gasteiger partial charge is 0.396 e. The molecule has 1 heterocycles. The zero-order valence-corrected chi connectivity index (χ0v) is 13.5. The predicted octanol–water partition coefficient (Wildman–Crippen LogP) is 1.45. The van der Waals surface area contributed by atoms with E-state index in [1.807, 2.05) is 0 Å². The Hall–Kier alpha value is -0.170. The number of aliphatic hydroxyl groups excluding tert-OH is 1. The molecule has 0 radical (unpaired) electrons. The Labute approximate surface area is 123 Å². The summed E-state index contributed by atoms with van der Waals surface area (Å²) in [5.74, 6) is 0.814. The van der Waals surface area contributed by atoms with Gasteiger partial charge in [-0.25, -0.2) is 0 Å². The molecule has 2 rings (SSSR count). The summed E-state index contributed by atoms with van der Waals surface area (Å²) in [6, 6.07) is 0.144. The van der Waals surface area contributed by atoms with Crippen molar-refractivity contribution in [1.82, 2.24) is 8.61 Å². The highest BCUT2D eigenvalue weighted by Gasteiger charge is 2.35. The number of hydrogen-bond acceptors (Lipinski definition) is 3. The summed E-state index contributed by atoms with van der Waals surface area (Å²) >= 11 is 0. The van der Waals surface area contributed by atoms with Crippen molar-refractivity contribution in [2.24, 2.45) is 11.8 Å². The van der Waals surface area contributed by atoms with Crippen LogP contribution in [-0.2, 0) is 10.2 Å². The summed E-state index contributed by atoms with van der Waals surface area (Å²) in [5, 5.41) is 9.26. The zero-order chi connectivity index (χ0) is 14.8. The van der Waals surface area contributed by atoms with E-state index >= 15 is 0 Å². The lowest BCUT2D eigenvalue weighted by Crippen LogP contribution is -2.50. The fourth-order valence-corrected chi connectivity index (χ4v) is 5.07. The normalized spacial score (nSPS) is 33.5. The average molecular weight is 304 g/mol. The molecule has 0 spiro atoms. The Morgan fingerprint density at radius 3 is 2.45 bits per heavy atom. The minimum atomic E-state index is -3.37. The van der Waals surface area contributed by atoms with Gasteiger partial charge >= 0.3 is 0 Å². The van der Waals surface area contributed by atoms with E-state index in [1.54, 1.807) is 15.7 Å². The predicted molar refractivity (Wildman–Crippen MR) is 79.5 cm³/mol. The number of piperidine rings is 1. The number of rotatable bonds is 4. The molecule has 1 saturated heterocycles. The minimum Gasteiger partial charge on any atom is -0.396 e. The highest BCUT2D eigenvalue weighted by molar-refractivity contribution is 7.86. The second-order valence-corrected chi connectivity index (χ2v) is 8.47. The maximum absolute atomic E-state index is 12.7. The Morgan fingerprint density at radius 2 is 1.85 bits per heavy atom. The molecule has 1 atom stereocenters. The van der Waals surface area contributed by atoms with E-state index in [9.17, 15) is 13.5 Å². The van der Waals surface area contributed by atoms with Gasteiger partial charge in [-0.2, -0.15) is 17.0 Å². The van der Waals surface area contributed by atoms with Crippen LogP contribution in [0.15, 0.2) is 0 Å². The average Bonchev–Trinajstić information content (AvgIpc) is 2.47. The van der Waals surface area contributed by atoms with Crippen molar-refractivity contribution in [2.75, 3.05) is 26.7 Å². The number of hydrogen-bond donors (Lipinski definition) is 1. The van der Waals surface area contributed by atoms with Crippen molar-refractivity contribution in [1.29, 1.82) is 0 Å². The molecular formula is C14H28N2O3S. The van der Waals surface area contributed by atoms with E-state index < -0.39 is 10.2 Å². The molecule has 6 heteroatoms. The van der Waals surface area contributed by atoms with Crippen LogP contribution in [0.4, 0.5) is 0 Å². The van der Waals surface area contributed by atoms with Crippen LogP contribution in [0.1, 0.15) is 45.4 Å². The third-order valence-electron chi connectivity index (χ3n) is 4.93. The second-order valence-electron chi connectivity index (χ2n) is 6.49. The van der Waals surface area contributed by atoms with Crippen molar-refractivity contribution >= 4 is 10.2 Å². The summed E-state index contributed by atoms with van der Waals surface area (Å²) in [6.07, 6.45) is 5.93. The van der Waals surface area contributed by atoms with E-state index in [0.29, 0.717) is 13.1 Å². The van der Waals surface area contributed by atoms with Crippen molar-refractivity contribution < 1.29 is 13.5 Å². The number of nitrogens with zero attached hydrogens (tertiary/aromatic N) is 2. The van der Waals surface area contributed by atoms with E-state index in [-0.39, 0.29) is 18.6 Å². The molecule has 0 amide bonds. The van der Waals surface area contributed by atoms with E-state index in [0.717, 1.165) is 44.4 Å². The van der Waals surface area contributed by atoms with Gasteiger partial charge in [0.05, 0.1) is 0 Å². The van der Waals surface area contributed by atoms with E-state index in [2.05, 4.69) is 6.92 Å². The Bertz CT molecular complexity index is 405. The highest BCUT2D eigenvalue weighted by Crippen LogP contribution is 2.29. The topological polar surface area (TPSA) is 60.9 Å². The van der Waals surface area contributed by atoms with Gasteiger partial charge in [0.15, 0.2) is 0 Å². The van der Waals surface area contributed by atoms with Crippen LogP contribution >= 0.6 is 0 Å². The summed E-state index contributed by atoms with van der Waals surface area (Å²) < 4.78 is 28.5. The molecule has 0 aromatic rings. The van der Waals surface area contributed by atoms with Crippen molar-refractivity contribution in [3.05, 3.63) is 0 Å². The van der Waals surface area contributed by atoms with Gasteiger partial charge in [-0.15, -0.1) is 0 Å². The van der Waals surface area contributed by atoms with Crippen LogP contribution in [0.25, 0.3) is 0 Å². The molecule has 0 aromatic carbocycles. The monoisotopic (exact) mass is 304 g/mol. The Kier molecular flexibility index (Phi) is 5.45. The van der Waals surface area contributed by atoms with Crippen molar-refractivity contribution in [3.8, 4) is 0 Å². The molecule has 0 bridgehead atoms. The van der Waals surface area contributed by atoms with Crippen molar-refractivity contribution in [2.45, 2.75) is 51.5 Å². The highest BCUT2D eigenvalue weighted by atomic mass is 32.2. The first-order valence-electron chi connectivity index (χ1n) is 7.79. The third kappa shape index (κ3) is 3.53. The standard InChI is InChI=1S/C14H28N2O3S/c1-12-5-7-14(8-6-12)15(2)20(18,19)16-9-3-4-13(10-16)11-17/h12-14,17H,3-11H2,1-2H3. The second kappa shape index (κ2) is 6.73. The molecule has 1 aliphatic carbocycles. The fraction of sp³-hybridized carbons (Fsp3) is 1.00. The molecule has 20 heavy (non-hydrogen) atoms. The van der Waals surface area contributed by atoms with Crippen LogP contribution in [0.5, 0.6) is 0 Å². The maximum atomic E-state index is 12.7. The molecule has 118 valence electrons. The Morgan fingerprint density at radius 1 is 1.20 bits per heavy atom. The lowest BCUT2D eigenvalue weighted by molar-refractivity contribution is 0.156. The lowest BCUT2D eigenvalue weighted by Gasteiger charge is -2.38. The lowest BCUT2D eigenvalue weighted by atomic mass is 9.87. The Balaban J connectivity index is 2.01. The maximum Gasteiger partial charge on any atom is 0.281 e. The summed E-state index contributed by atoms with van der Waals surface area (Å²) in [5.41, 5.74) is 0. The molecule has 2 fully saturated rings. The molecule has 1 aliphatic heterocycles. The molecule has 5 nitrogen and oxygen atoms in total. The number of aliphatic hydroxyl groups is 1. The van der Waals surface area contributed by atoms with Gasteiger partial charge < -0.3 is 5.11 Å². The molecular weight excluding hydrogens is 276 g/mol. The smallest absolute Gasteiger partial charge is 0.281 e. The first-order valence-corrected chi connectivity index (χ1v) is 9.18. The van der Waals surface area contributed by atoms with Gasteiger partial charge in [0.25, 0.3) is 10.2 Å². The van der Waals surface area contributed by atoms with Gasteiger partial charge in [-0.3, -0.25) is 0 Å². The quantitative estimate of drug-likeness (QED) is 0.855. The minimum absolute atomic E-state index is 0.0800. The van der Waals surface area contributed by atoms with Crippen LogP contribution in [0, 0.1) is 11.8 Å². The fourth-order valence-electron chi connectivity index (χ4n) is 3.36. The summed E-state index contributed by atoms with van der Waals surface area (Å²) in [6.45, 7) is 3.37. The van der Waals surface area contributed by atoms with Gasteiger partial charge in [-0.05, 0) is 50.4 Å². The van der Waals surface area contributed by atoms with E-state index in [1.165, 1.54) is 0 Å². The van der Waals surface area contributed by atoms with Gasteiger partial charge in [0.2, 0.25) is 0 Å². The van der Waals surface area contributed by atoms with Gasteiger partial charge in [-0.1, -0.05) is 6.92 Å². The van der Waals surface area contributed by atoms with Crippen molar-refractivity contribution in [3.63, 3.8) is 0 Å². The van der Waals surface area contributed by atoms with Crippen LogP contribution in [0.3, 0.4) is 0 Å². The third-order valence-corrected chi connectivity index (χ3v) is 6.94. The molecule has 1 unspecified atom stereocenters. The van der Waals surface area contributed by atoms with Gasteiger partial charge in [0, 0.05) is 32.8 Å². The van der Waals surface area contributed by atoms with Gasteiger partial charge in [0.1, 0.15) is 0 Å². The summed E-state index contributed by atoms with van der Waals surface area (Å²) in [4.78, 5) is 0. The zero-order valence-electron chi connectivity index (χ0n) is 12.7. The first-order chi connectivity index (χ1) is 9.45. The molecule has 1 N–H and O–H groups in total. The molecule has 1 saturated carbocycles. The SMILES string of the molecule is CC1CCC(N(C)S(=O)(=O)N2CCCC(CO)C2)CC1. The first kappa shape index (κ1) is 16.2. The summed E-state index contributed by atoms with van der Waals surface area (Å²) in [7, 11) is -1.65. The molecule has 2 aliphatic rings. The molecule has 0 aromatic heterocycles. The van der Waals surface area contributed by atoms with Crippen LogP contribution < -0.4 is 0 Å².